The molecule has 0 bridgehead atoms. The van der Waals surface area contributed by atoms with Gasteiger partial charge in [0.2, 0.25) is 0 Å². The molecule has 0 aromatic heterocycles. The molecule has 18 heavy (non-hydrogen) atoms. The second-order valence-corrected chi connectivity index (χ2v) is 4.46. The summed E-state index contributed by atoms with van der Waals surface area (Å²) in [6, 6.07) is 5.18. The number of phenols is 1. The molecule has 0 unspecified atom stereocenters. The van der Waals surface area contributed by atoms with E-state index in [2.05, 4.69) is 5.32 Å². The highest BCUT2D eigenvalue weighted by Crippen LogP contribution is 2.20. The minimum absolute atomic E-state index is 0.254. The van der Waals surface area contributed by atoms with Gasteiger partial charge in [-0.15, -0.1) is 0 Å². The molecule has 0 spiro atoms. The van der Waals surface area contributed by atoms with Crippen LogP contribution in [0.3, 0.4) is 0 Å². The highest BCUT2D eigenvalue weighted by molar-refractivity contribution is 6.10. The fourth-order valence-electron chi connectivity index (χ4n) is 1.88. The van der Waals surface area contributed by atoms with Gasteiger partial charge in [0.15, 0.2) is 5.88 Å². The molecule has 4 nitrogen and oxygen atoms in total. The molecule has 1 heterocycles. The first-order chi connectivity index (χ1) is 8.59. The predicted molar refractivity (Wildman–Crippen MR) is 70.9 cm³/mol. The van der Waals surface area contributed by atoms with Gasteiger partial charge in [0, 0.05) is 17.7 Å². The van der Waals surface area contributed by atoms with Gasteiger partial charge in [0.1, 0.15) is 5.75 Å². The van der Waals surface area contributed by atoms with Gasteiger partial charge in [0.05, 0.1) is 12.3 Å². The van der Waals surface area contributed by atoms with E-state index in [-0.39, 0.29) is 5.75 Å². The highest BCUT2D eigenvalue weighted by Gasteiger charge is 2.14. The minimum Gasteiger partial charge on any atom is -0.508 e. The van der Waals surface area contributed by atoms with Crippen LogP contribution in [0.4, 0.5) is 0 Å². The van der Waals surface area contributed by atoms with Crippen LogP contribution >= 0.6 is 0 Å². The summed E-state index contributed by atoms with van der Waals surface area (Å²) in [5.41, 5.74) is 2.76. The first kappa shape index (κ1) is 12.5. The predicted octanol–water partition coefficient (Wildman–Crippen LogP) is 2.31. The Morgan fingerprint density at radius 2 is 2.22 bits per heavy atom. The molecule has 1 aromatic rings. The molecular formula is C14H18N2O2. The zero-order chi connectivity index (χ0) is 13.1. The van der Waals surface area contributed by atoms with Crippen molar-refractivity contribution < 1.29 is 9.84 Å². The van der Waals surface area contributed by atoms with Gasteiger partial charge in [-0.25, -0.2) is 0 Å². The van der Waals surface area contributed by atoms with Crippen molar-refractivity contribution in [3.8, 4) is 5.75 Å². The maximum absolute atomic E-state index is 9.49. The van der Waals surface area contributed by atoms with Gasteiger partial charge in [-0.3, -0.25) is 5.41 Å². The van der Waals surface area contributed by atoms with Crippen LogP contribution in [0.1, 0.15) is 24.5 Å². The Balaban J connectivity index is 2.27. The number of phenolic OH excluding ortho intramolecular Hbond substituents is 1. The molecule has 1 aliphatic heterocycles. The largest absolute Gasteiger partial charge is 0.508 e. The number of allylic oxidation sites excluding steroid dienone is 1. The van der Waals surface area contributed by atoms with E-state index < -0.39 is 0 Å². The van der Waals surface area contributed by atoms with Crippen LogP contribution in [-0.4, -0.2) is 24.0 Å². The van der Waals surface area contributed by atoms with Crippen LogP contribution in [0.15, 0.2) is 29.7 Å². The summed E-state index contributed by atoms with van der Waals surface area (Å²) in [6.45, 7) is 5.28. The van der Waals surface area contributed by atoms with Crippen LogP contribution < -0.4 is 5.32 Å². The topological polar surface area (TPSA) is 65.3 Å². The number of ether oxygens (including phenoxy) is 1. The van der Waals surface area contributed by atoms with Gasteiger partial charge in [0.25, 0.3) is 0 Å². The van der Waals surface area contributed by atoms with E-state index in [9.17, 15) is 5.11 Å². The van der Waals surface area contributed by atoms with Gasteiger partial charge < -0.3 is 15.2 Å². The third-order valence-corrected chi connectivity index (χ3v) is 3.05. The monoisotopic (exact) mass is 246 g/mol. The van der Waals surface area contributed by atoms with E-state index >= 15 is 0 Å². The first-order valence-corrected chi connectivity index (χ1v) is 6.06. The second-order valence-electron chi connectivity index (χ2n) is 4.46. The molecule has 0 aliphatic carbocycles. The minimum atomic E-state index is 0.254. The summed E-state index contributed by atoms with van der Waals surface area (Å²) >= 11 is 0. The molecule has 3 N–H and O–H groups in total. The molecule has 1 aromatic carbocycles. The maximum atomic E-state index is 9.49. The number of rotatable bonds is 2. The summed E-state index contributed by atoms with van der Waals surface area (Å²) < 4.78 is 5.51. The molecule has 96 valence electrons. The van der Waals surface area contributed by atoms with E-state index in [1.807, 2.05) is 19.9 Å². The Bertz CT molecular complexity index is 499. The molecule has 0 saturated carbocycles. The van der Waals surface area contributed by atoms with Gasteiger partial charge >= 0.3 is 0 Å². The van der Waals surface area contributed by atoms with E-state index in [1.165, 1.54) is 0 Å². The average molecular weight is 246 g/mol. The maximum Gasteiger partial charge on any atom is 0.191 e. The van der Waals surface area contributed by atoms with Crippen LogP contribution in [0.5, 0.6) is 5.75 Å². The van der Waals surface area contributed by atoms with Crippen molar-refractivity contribution in [2.24, 2.45) is 0 Å². The molecule has 0 atom stereocenters. The van der Waals surface area contributed by atoms with Crippen molar-refractivity contribution in [2.45, 2.75) is 20.3 Å². The fraction of sp³-hybridized carbons (Fsp3) is 0.357. The number of aromatic hydroxyl groups is 1. The Kier molecular flexibility index (Phi) is 3.55. The quantitative estimate of drug-likeness (QED) is 0.702. The zero-order valence-corrected chi connectivity index (χ0v) is 10.7. The van der Waals surface area contributed by atoms with Crippen molar-refractivity contribution in [2.75, 3.05) is 13.2 Å². The standard InChI is InChI=1S/C14H18N2O2/c1-9-8-11(4-5-12(9)17)13(15)10(2)14-16-6-3-7-18-14/h4-5,8,15-17H,3,6-7H2,1-2H3/b14-10+,15-13?. The molecule has 0 amide bonds. The first-order valence-electron chi connectivity index (χ1n) is 6.06. The molecule has 4 heteroatoms. The lowest BCUT2D eigenvalue weighted by Gasteiger charge is -2.21. The summed E-state index contributed by atoms with van der Waals surface area (Å²) in [4.78, 5) is 0. The zero-order valence-electron chi connectivity index (χ0n) is 10.7. The van der Waals surface area contributed by atoms with Crippen LogP contribution in [0, 0.1) is 12.3 Å². The van der Waals surface area contributed by atoms with Crippen molar-refractivity contribution >= 4 is 5.71 Å². The number of hydrogen-bond donors (Lipinski definition) is 3. The molecule has 1 fully saturated rings. The van der Waals surface area contributed by atoms with Crippen molar-refractivity contribution in [3.05, 3.63) is 40.8 Å². The highest BCUT2D eigenvalue weighted by atomic mass is 16.5. The number of benzene rings is 1. The SMILES string of the molecule is C/C(C(=N)c1ccc(O)c(C)c1)=C1/NCCCO1. The molecule has 0 radical (unpaired) electrons. The number of aryl methyl sites for hydroxylation is 1. The van der Waals surface area contributed by atoms with Crippen molar-refractivity contribution in [3.63, 3.8) is 0 Å². The summed E-state index contributed by atoms with van der Waals surface area (Å²) in [5, 5.41) is 20.8. The Labute approximate surface area is 107 Å². The molecule has 1 aliphatic rings. The lowest BCUT2D eigenvalue weighted by molar-refractivity contribution is 0.155. The smallest absolute Gasteiger partial charge is 0.191 e. The van der Waals surface area contributed by atoms with Crippen LogP contribution in [0.2, 0.25) is 0 Å². The fourth-order valence-corrected chi connectivity index (χ4v) is 1.88. The molecule has 2 rings (SSSR count). The van der Waals surface area contributed by atoms with Crippen LogP contribution in [-0.2, 0) is 4.74 Å². The summed E-state index contributed by atoms with van der Waals surface area (Å²) in [7, 11) is 0. The average Bonchev–Trinajstić information content (AvgIpc) is 2.41. The summed E-state index contributed by atoms with van der Waals surface area (Å²) in [5.74, 6) is 0.945. The summed E-state index contributed by atoms with van der Waals surface area (Å²) in [6.07, 6.45) is 0.989. The Morgan fingerprint density at radius 1 is 1.44 bits per heavy atom. The van der Waals surface area contributed by atoms with Crippen LogP contribution in [0.25, 0.3) is 0 Å². The lowest BCUT2D eigenvalue weighted by atomic mass is 10.0. The Hall–Kier alpha value is -1.97. The van der Waals surface area contributed by atoms with E-state index in [0.717, 1.165) is 29.7 Å². The molecule has 1 saturated heterocycles. The number of nitrogens with one attached hydrogen (secondary N) is 2. The normalized spacial score (nSPS) is 17.7. The Morgan fingerprint density at radius 3 is 2.83 bits per heavy atom. The van der Waals surface area contributed by atoms with E-state index in [4.69, 9.17) is 10.1 Å². The number of hydrogen-bond acceptors (Lipinski definition) is 4. The van der Waals surface area contributed by atoms with Crippen molar-refractivity contribution in [1.29, 1.82) is 5.41 Å². The van der Waals surface area contributed by atoms with Gasteiger partial charge in [-0.05, 0) is 44.0 Å². The van der Waals surface area contributed by atoms with Gasteiger partial charge in [-0.2, -0.15) is 0 Å². The van der Waals surface area contributed by atoms with Crippen molar-refractivity contribution in [1.82, 2.24) is 5.32 Å². The third kappa shape index (κ3) is 2.47. The third-order valence-electron chi connectivity index (χ3n) is 3.05. The molecular weight excluding hydrogens is 228 g/mol. The second kappa shape index (κ2) is 5.12. The van der Waals surface area contributed by atoms with E-state index in [1.54, 1.807) is 12.1 Å². The van der Waals surface area contributed by atoms with E-state index in [0.29, 0.717) is 18.2 Å². The van der Waals surface area contributed by atoms with Gasteiger partial charge in [-0.1, -0.05) is 0 Å². The lowest BCUT2D eigenvalue weighted by Crippen LogP contribution is -2.27.